The lowest BCUT2D eigenvalue weighted by molar-refractivity contribution is 1.10. The van der Waals surface area contributed by atoms with Gasteiger partial charge in [-0.1, -0.05) is 35.3 Å². The van der Waals surface area contributed by atoms with Crippen LogP contribution in [0.5, 0.6) is 0 Å². The van der Waals surface area contributed by atoms with Gasteiger partial charge in [0.05, 0.1) is 15.7 Å². The van der Waals surface area contributed by atoms with Crippen LogP contribution in [0.3, 0.4) is 0 Å². The van der Waals surface area contributed by atoms with Crippen molar-refractivity contribution >= 4 is 29.0 Å². The summed E-state index contributed by atoms with van der Waals surface area (Å²) in [5.74, 6) is 0.769. The van der Waals surface area contributed by atoms with Crippen molar-refractivity contribution < 1.29 is 0 Å². The molecular formula is C17H13Cl2N3. The molecule has 22 heavy (non-hydrogen) atoms. The number of benzene rings is 1. The van der Waals surface area contributed by atoms with Gasteiger partial charge in [-0.2, -0.15) is 0 Å². The maximum Gasteiger partial charge on any atom is 0.126 e. The van der Waals surface area contributed by atoms with Gasteiger partial charge in [-0.3, -0.25) is 4.98 Å². The first-order valence-corrected chi connectivity index (χ1v) is 7.54. The number of nitrogens with zero attached hydrogens (tertiary/aromatic N) is 2. The summed E-state index contributed by atoms with van der Waals surface area (Å²) in [6, 6.07) is 15.1. The van der Waals surface area contributed by atoms with Crippen LogP contribution in [-0.4, -0.2) is 9.97 Å². The molecule has 1 N–H and O–H groups in total. The zero-order valence-electron chi connectivity index (χ0n) is 11.6. The first-order valence-electron chi connectivity index (χ1n) is 6.78. The lowest BCUT2D eigenvalue weighted by Gasteiger charge is -2.10. The van der Waals surface area contributed by atoms with Gasteiger partial charge >= 0.3 is 0 Å². The van der Waals surface area contributed by atoms with Crippen LogP contribution in [0.4, 0.5) is 5.82 Å². The van der Waals surface area contributed by atoms with Crippen LogP contribution in [0.2, 0.25) is 10.0 Å². The minimum Gasteiger partial charge on any atom is -0.366 e. The monoisotopic (exact) mass is 329 g/mol. The Bertz CT molecular complexity index is 756. The third-order valence-electron chi connectivity index (χ3n) is 3.19. The number of nitrogens with one attached hydrogen (secondary N) is 1. The van der Waals surface area contributed by atoms with E-state index in [4.69, 9.17) is 23.2 Å². The molecule has 2 heterocycles. The van der Waals surface area contributed by atoms with Crippen LogP contribution < -0.4 is 5.32 Å². The molecule has 2 aromatic heterocycles. The van der Waals surface area contributed by atoms with Crippen molar-refractivity contribution in [3.63, 3.8) is 0 Å². The first-order chi connectivity index (χ1) is 10.7. The number of rotatable bonds is 4. The smallest absolute Gasteiger partial charge is 0.126 e. The number of pyridine rings is 2. The largest absolute Gasteiger partial charge is 0.366 e. The maximum absolute atomic E-state index is 6.24. The van der Waals surface area contributed by atoms with Crippen molar-refractivity contribution in [1.82, 2.24) is 9.97 Å². The Morgan fingerprint density at radius 1 is 0.864 bits per heavy atom. The molecule has 0 fully saturated rings. The van der Waals surface area contributed by atoms with E-state index in [-0.39, 0.29) is 0 Å². The second-order valence-electron chi connectivity index (χ2n) is 4.71. The summed E-state index contributed by atoms with van der Waals surface area (Å²) in [5.41, 5.74) is 2.63. The van der Waals surface area contributed by atoms with Crippen LogP contribution in [0.25, 0.3) is 11.3 Å². The number of hydrogen-bond donors (Lipinski definition) is 1. The highest BCUT2D eigenvalue weighted by Gasteiger charge is 2.10. The van der Waals surface area contributed by atoms with Gasteiger partial charge in [-0.25, -0.2) is 4.98 Å². The lowest BCUT2D eigenvalue weighted by Crippen LogP contribution is -2.01. The molecule has 0 unspecified atom stereocenters. The molecule has 3 rings (SSSR count). The third kappa shape index (κ3) is 3.38. The van der Waals surface area contributed by atoms with Crippen LogP contribution in [0, 0.1) is 0 Å². The Balaban J connectivity index is 1.84. The number of hydrogen-bond acceptors (Lipinski definition) is 3. The highest BCUT2D eigenvalue weighted by molar-refractivity contribution is 6.39. The van der Waals surface area contributed by atoms with Crippen LogP contribution in [0.1, 0.15) is 5.56 Å². The van der Waals surface area contributed by atoms with Gasteiger partial charge in [0.15, 0.2) is 0 Å². The predicted octanol–water partition coefficient (Wildman–Crippen LogP) is 5.06. The Hall–Kier alpha value is -2.10. The van der Waals surface area contributed by atoms with E-state index in [1.165, 1.54) is 0 Å². The van der Waals surface area contributed by atoms with Crippen LogP contribution >= 0.6 is 23.2 Å². The maximum atomic E-state index is 6.24. The van der Waals surface area contributed by atoms with E-state index >= 15 is 0 Å². The Morgan fingerprint density at radius 3 is 2.27 bits per heavy atom. The molecule has 0 radical (unpaired) electrons. The van der Waals surface area contributed by atoms with Crippen molar-refractivity contribution in [2.75, 3.05) is 5.32 Å². The van der Waals surface area contributed by atoms with Crippen LogP contribution in [0.15, 0.2) is 60.9 Å². The lowest BCUT2D eigenvalue weighted by atomic mass is 10.1. The fourth-order valence-electron chi connectivity index (χ4n) is 2.11. The first kappa shape index (κ1) is 14.8. The van der Waals surface area contributed by atoms with E-state index in [1.54, 1.807) is 12.4 Å². The number of aromatic nitrogens is 2. The van der Waals surface area contributed by atoms with E-state index in [0.717, 1.165) is 22.6 Å². The van der Waals surface area contributed by atoms with E-state index in [9.17, 15) is 0 Å². The highest BCUT2D eigenvalue weighted by atomic mass is 35.5. The molecule has 0 bridgehead atoms. The fourth-order valence-corrected chi connectivity index (χ4v) is 2.70. The van der Waals surface area contributed by atoms with E-state index in [0.29, 0.717) is 16.6 Å². The summed E-state index contributed by atoms with van der Waals surface area (Å²) in [7, 11) is 0. The molecule has 0 atom stereocenters. The summed E-state index contributed by atoms with van der Waals surface area (Å²) < 4.78 is 0. The number of halogens is 2. The van der Waals surface area contributed by atoms with Crippen molar-refractivity contribution in [3.05, 3.63) is 76.5 Å². The average Bonchev–Trinajstić information content (AvgIpc) is 2.54. The summed E-state index contributed by atoms with van der Waals surface area (Å²) in [6.45, 7) is 0.676. The molecule has 0 aliphatic rings. The quantitative estimate of drug-likeness (QED) is 0.726. The van der Waals surface area contributed by atoms with Crippen molar-refractivity contribution in [2.45, 2.75) is 6.54 Å². The summed E-state index contributed by atoms with van der Waals surface area (Å²) in [5, 5.41) is 4.46. The van der Waals surface area contributed by atoms with Crippen molar-refractivity contribution in [1.29, 1.82) is 0 Å². The van der Waals surface area contributed by atoms with E-state index in [1.807, 2.05) is 48.5 Å². The van der Waals surface area contributed by atoms with Gasteiger partial charge in [0.25, 0.3) is 0 Å². The van der Waals surface area contributed by atoms with Crippen LogP contribution in [-0.2, 0) is 6.54 Å². The molecule has 1 aromatic carbocycles. The molecule has 3 nitrogen and oxygen atoms in total. The highest BCUT2D eigenvalue weighted by Crippen LogP contribution is 2.33. The van der Waals surface area contributed by atoms with Gasteiger partial charge in [0, 0.05) is 24.5 Å². The zero-order chi connectivity index (χ0) is 15.4. The van der Waals surface area contributed by atoms with Gasteiger partial charge in [-0.05, 0) is 42.0 Å². The van der Waals surface area contributed by atoms with Crippen molar-refractivity contribution in [3.8, 4) is 11.3 Å². The minimum absolute atomic E-state index is 0.589. The van der Waals surface area contributed by atoms with Gasteiger partial charge < -0.3 is 5.32 Å². The minimum atomic E-state index is 0.589. The van der Waals surface area contributed by atoms with Gasteiger partial charge in [-0.15, -0.1) is 0 Å². The second-order valence-corrected chi connectivity index (χ2v) is 5.53. The molecule has 5 heteroatoms. The Labute approximate surface area is 139 Å². The molecule has 3 aromatic rings. The SMILES string of the molecule is Clc1cccc(Cl)c1-c1cccc(NCc2ccncc2)n1. The molecule has 0 spiro atoms. The average molecular weight is 330 g/mol. The predicted molar refractivity (Wildman–Crippen MR) is 91.3 cm³/mol. The molecule has 110 valence electrons. The van der Waals surface area contributed by atoms with E-state index in [2.05, 4.69) is 15.3 Å². The normalized spacial score (nSPS) is 10.5. The molecule has 0 aliphatic carbocycles. The fraction of sp³-hybridized carbons (Fsp3) is 0.0588. The zero-order valence-corrected chi connectivity index (χ0v) is 13.1. The summed E-state index contributed by atoms with van der Waals surface area (Å²) >= 11 is 12.5. The standard InChI is InChI=1S/C17H13Cl2N3/c18-13-3-1-4-14(19)17(13)15-5-2-6-16(22-15)21-11-12-7-9-20-10-8-12/h1-10H,11H2,(H,21,22). The Morgan fingerprint density at radius 2 is 1.55 bits per heavy atom. The summed E-state index contributed by atoms with van der Waals surface area (Å²) in [4.78, 5) is 8.58. The Kier molecular flexibility index (Phi) is 4.56. The molecule has 0 amide bonds. The second kappa shape index (κ2) is 6.77. The topological polar surface area (TPSA) is 37.8 Å². The number of anilines is 1. The summed E-state index contributed by atoms with van der Waals surface area (Å²) in [6.07, 6.45) is 3.54. The molecule has 0 aliphatic heterocycles. The van der Waals surface area contributed by atoms with Gasteiger partial charge in [0.1, 0.15) is 5.82 Å². The van der Waals surface area contributed by atoms with Crippen molar-refractivity contribution in [2.24, 2.45) is 0 Å². The molecule has 0 saturated heterocycles. The van der Waals surface area contributed by atoms with Gasteiger partial charge in [0.2, 0.25) is 0 Å². The third-order valence-corrected chi connectivity index (χ3v) is 3.82. The molecular weight excluding hydrogens is 317 g/mol. The molecule has 0 saturated carbocycles. The van der Waals surface area contributed by atoms with E-state index < -0.39 is 0 Å².